The van der Waals surface area contributed by atoms with Gasteiger partial charge in [0.05, 0.1) is 79.3 Å². The predicted molar refractivity (Wildman–Crippen MR) is 177 cm³/mol. The summed E-state index contributed by atoms with van der Waals surface area (Å²) in [6.07, 6.45) is 0. The maximum absolute atomic E-state index is 10.8. The SMILES string of the molecule is Cc1cc2c(O)c(c1)CNCCOCCOCCOCCNCc1cc(C)cc(c1O)CNCCOCCOCCOCCNC2. The number of aryl methyl sites for hydroxylation is 2. The fraction of sp³-hybridized carbons (Fsp3) is 0.647. The van der Waals surface area contributed by atoms with Crippen molar-refractivity contribution in [2.75, 3.05) is 105 Å². The molecule has 46 heavy (non-hydrogen) atoms. The third-order valence-corrected chi connectivity index (χ3v) is 7.27. The van der Waals surface area contributed by atoms with Crippen LogP contribution >= 0.6 is 0 Å². The highest BCUT2D eigenvalue weighted by Gasteiger charge is 2.10. The summed E-state index contributed by atoms with van der Waals surface area (Å²) in [5, 5.41) is 34.9. The lowest BCUT2D eigenvalue weighted by Crippen LogP contribution is -2.23. The number of phenolic OH excluding ortho intramolecular Hbond substituents is 2. The standard InChI is InChI=1S/C34H56N4O8/c1-27-19-29-23-35-3-7-41-11-15-45-17-13-43-9-5-37-25-31-21-28(2)22-32(34(31)40)26-38-6-10-44-14-18-46-16-12-42-8-4-36-24-30(20-27)33(29)39/h19-22,35-40H,3-18,23-26H2,1-2H3. The van der Waals surface area contributed by atoms with E-state index in [-0.39, 0.29) is 0 Å². The number of aromatic hydroxyl groups is 2. The van der Waals surface area contributed by atoms with Crippen molar-refractivity contribution < 1.29 is 38.6 Å². The van der Waals surface area contributed by atoms with Crippen molar-refractivity contribution >= 4 is 0 Å². The first kappa shape index (κ1) is 38.1. The maximum Gasteiger partial charge on any atom is 0.124 e. The van der Waals surface area contributed by atoms with Gasteiger partial charge >= 0.3 is 0 Å². The molecule has 12 nitrogen and oxygen atoms in total. The molecule has 0 saturated carbocycles. The highest BCUT2D eigenvalue weighted by molar-refractivity contribution is 5.44. The van der Waals surface area contributed by atoms with Gasteiger partial charge in [0.15, 0.2) is 0 Å². The number of hydrogen-bond acceptors (Lipinski definition) is 12. The van der Waals surface area contributed by atoms with E-state index in [0.717, 1.165) is 33.4 Å². The maximum atomic E-state index is 10.8. The fourth-order valence-corrected chi connectivity index (χ4v) is 4.96. The van der Waals surface area contributed by atoms with Crippen LogP contribution in [-0.2, 0) is 54.6 Å². The van der Waals surface area contributed by atoms with Gasteiger partial charge in [-0.15, -0.1) is 0 Å². The van der Waals surface area contributed by atoms with Gasteiger partial charge in [-0.1, -0.05) is 35.4 Å². The lowest BCUT2D eigenvalue weighted by molar-refractivity contribution is 0.0156. The van der Waals surface area contributed by atoms with Crippen molar-refractivity contribution in [2.45, 2.75) is 40.0 Å². The van der Waals surface area contributed by atoms with Crippen LogP contribution in [0.25, 0.3) is 0 Å². The third-order valence-electron chi connectivity index (χ3n) is 7.27. The monoisotopic (exact) mass is 648 g/mol. The van der Waals surface area contributed by atoms with E-state index in [4.69, 9.17) is 28.4 Å². The molecule has 4 bridgehead atoms. The van der Waals surface area contributed by atoms with E-state index in [1.165, 1.54) is 0 Å². The highest BCUT2D eigenvalue weighted by atomic mass is 16.5. The van der Waals surface area contributed by atoms with Gasteiger partial charge in [0, 0.05) is 74.6 Å². The molecule has 0 unspecified atom stereocenters. The number of rotatable bonds is 0. The van der Waals surface area contributed by atoms with E-state index < -0.39 is 0 Å². The Morgan fingerprint density at radius 3 is 0.848 bits per heavy atom. The first-order valence-corrected chi connectivity index (χ1v) is 16.5. The molecule has 2 aromatic carbocycles. The van der Waals surface area contributed by atoms with E-state index in [1.807, 2.05) is 38.1 Å². The van der Waals surface area contributed by atoms with Gasteiger partial charge in [-0.25, -0.2) is 0 Å². The molecule has 0 aromatic heterocycles. The van der Waals surface area contributed by atoms with Crippen molar-refractivity contribution in [3.63, 3.8) is 0 Å². The zero-order chi connectivity index (χ0) is 32.7. The van der Waals surface area contributed by atoms with E-state index in [0.29, 0.717) is 143 Å². The number of fused-ring (bicyclic) bond motifs is 4. The van der Waals surface area contributed by atoms with Crippen LogP contribution < -0.4 is 21.3 Å². The van der Waals surface area contributed by atoms with Crippen molar-refractivity contribution in [1.29, 1.82) is 0 Å². The van der Waals surface area contributed by atoms with E-state index >= 15 is 0 Å². The summed E-state index contributed by atoms with van der Waals surface area (Å²) in [4.78, 5) is 0. The van der Waals surface area contributed by atoms with E-state index in [2.05, 4.69) is 21.3 Å². The Morgan fingerprint density at radius 1 is 0.391 bits per heavy atom. The summed E-state index contributed by atoms with van der Waals surface area (Å²) in [6, 6.07) is 8.02. The van der Waals surface area contributed by atoms with Crippen LogP contribution in [-0.4, -0.2) is 116 Å². The Bertz CT molecular complexity index is 947. The molecule has 3 rings (SSSR count). The molecule has 0 spiro atoms. The first-order chi connectivity index (χ1) is 22.5. The molecule has 1 aliphatic heterocycles. The number of benzene rings is 2. The van der Waals surface area contributed by atoms with Crippen LogP contribution in [0.2, 0.25) is 0 Å². The summed E-state index contributed by atoms with van der Waals surface area (Å²) in [5.74, 6) is 0.634. The van der Waals surface area contributed by atoms with Gasteiger partial charge in [-0.3, -0.25) is 0 Å². The van der Waals surface area contributed by atoms with Gasteiger partial charge in [0.1, 0.15) is 11.5 Å². The average Bonchev–Trinajstić information content (AvgIpc) is 3.04. The van der Waals surface area contributed by atoms with Crippen LogP contribution in [0.4, 0.5) is 0 Å². The van der Waals surface area contributed by atoms with Crippen molar-refractivity contribution in [3.05, 3.63) is 57.6 Å². The quantitative estimate of drug-likeness (QED) is 0.248. The Balaban J connectivity index is 1.39. The number of hydrogen-bond donors (Lipinski definition) is 6. The Morgan fingerprint density at radius 2 is 0.609 bits per heavy atom. The van der Waals surface area contributed by atoms with E-state index in [9.17, 15) is 10.2 Å². The summed E-state index contributed by atoms with van der Waals surface area (Å²) in [7, 11) is 0. The van der Waals surface area contributed by atoms with Gasteiger partial charge < -0.3 is 59.9 Å². The second kappa shape index (κ2) is 23.9. The molecule has 0 atom stereocenters. The molecule has 0 aliphatic carbocycles. The molecule has 6 N–H and O–H groups in total. The van der Waals surface area contributed by atoms with Crippen LogP contribution in [0.5, 0.6) is 11.5 Å². The molecule has 1 aliphatic rings. The normalized spacial score (nSPS) is 19.7. The Hall–Kier alpha value is -2.36. The molecule has 2 aromatic rings. The van der Waals surface area contributed by atoms with E-state index in [1.54, 1.807) is 0 Å². The zero-order valence-electron chi connectivity index (χ0n) is 27.8. The predicted octanol–water partition coefficient (Wildman–Crippen LogP) is 1.89. The Labute approximate surface area is 274 Å². The first-order valence-electron chi connectivity index (χ1n) is 16.5. The molecule has 1 heterocycles. The topological polar surface area (TPSA) is 144 Å². The molecule has 0 radical (unpaired) electrons. The molecule has 0 fully saturated rings. The summed E-state index contributed by atoms with van der Waals surface area (Å²) in [5.41, 5.74) is 5.69. The Kier molecular flexibility index (Phi) is 19.8. The van der Waals surface area contributed by atoms with Crippen molar-refractivity contribution in [2.24, 2.45) is 0 Å². The van der Waals surface area contributed by atoms with Gasteiger partial charge in [0.25, 0.3) is 0 Å². The fourth-order valence-electron chi connectivity index (χ4n) is 4.96. The average molecular weight is 649 g/mol. The largest absolute Gasteiger partial charge is 0.507 e. The minimum atomic E-state index is 0.317. The minimum absolute atomic E-state index is 0.317. The molecule has 260 valence electrons. The minimum Gasteiger partial charge on any atom is -0.507 e. The molecular weight excluding hydrogens is 592 g/mol. The van der Waals surface area contributed by atoms with Crippen LogP contribution in [0.15, 0.2) is 24.3 Å². The number of ether oxygens (including phenoxy) is 6. The van der Waals surface area contributed by atoms with Crippen LogP contribution in [0, 0.1) is 13.8 Å². The molecule has 0 saturated heterocycles. The van der Waals surface area contributed by atoms with Crippen LogP contribution in [0.3, 0.4) is 0 Å². The summed E-state index contributed by atoms with van der Waals surface area (Å²) in [6.45, 7) is 15.3. The summed E-state index contributed by atoms with van der Waals surface area (Å²) < 4.78 is 33.8. The lowest BCUT2D eigenvalue weighted by atomic mass is 10.0. The smallest absolute Gasteiger partial charge is 0.124 e. The van der Waals surface area contributed by atoms with Crippen molar-refractivity contribution in [1.82, 2.24) is 21.3 Å². The number of phenols is 2. The second-order valence-electron chi connectivity index (χ2n) is 11.2. The molecule has 0 amide bonds. The van der Waals surface area contributed by atoms with Gasteiger partial charge in [-0.05, 0) is 13.8 Å². The second-order valence-corrected chi connectivity index (χ2v) is 11.2. The molecule has 12 heteroatoms. The number of nitrogens with one attached hydrogen (secondary N) is 4. The third kappa shape index (κ3) is 16.0. The summed E-state index contributed by atoms with van der Waals surface area (Å²) >= 11 is 0. The molecular formula is C34H56N4O8. The zero-order valence-corrected chi connectivity index (χ0v) is 27.8. The van der Waals surface area contributed by atoms with Gasteiger partial charge in [-0.2, -0.15) is 0 Å². The van der Waals surface area contributed by atoms with Crippen LogP contribution in [0.1, 0.15) is 33.4 Å². The lowest BCUT2D eigenvalue weighted by Gasteiger charge is -2.14. The van der Waals surface area contributed by atoms with Gasteiger partial charge in [0.2, 0.25) is 0 Å². The highest BCUT2D eigenvalue weighted by Crippen LogP contribution is 2.25. The van der Waals surface area contributed by atoms with Crippen molar-refractivity contribution in [3.8, 4) is 11.5 Å².